The zero-order chi connectivity index (χ0) is 12.0. The highest BCUT2D eigenvalue weighted by Gasteiger charge is 2.16. The standard InChI is InChI=1S/C12H10FN3O/c1-16-12(14)8(6-15-16)11-7-4-5-17-10(7)3-2-9(11)13/h2-6H,14H2,1H3. The number of nitrogen functional groups attached to an aromatic ring is 1. The average molecular weight is 231 g/mol. The Kier molecular flexibility index (Phi) is 1.95. The topological polar surface area (TPSA) is 57.0 Å². The van der Waals surface area contributed by atoms with Crippen molar-refractivity contribution in [2.75, 3.05) is 5.73 Å². The molecule has 4 nitrogen and oxygen atoms in total. The van der Waals surface area contributed by atoms with E-state index in [1.165, 1.54) is 17.0 Å². The summed E-state index contributed by atoms with van der Waals surface area (Å²) in [7, 11) is 1.71. The van der Waals surface area contributed by atoms with Crippen LogP contribution in [0, 0.1) is 5.82 Å². The van der Waals surface area contributed by atoms with Crippen LogP contribution in [-0.2, 0) is 7.05 Å². The van der Waals surface area contributed by atoms with Crippen molar-refractivity contribution in [2.24, 2.45) is 7.05 Å². The van der Waals surface area contributed by atoms with Crippen molar-refractivity contribution in [3.05, 3.63) is 36.5 Å². The molecule has 0 radical (unpaired) electrons. The van der Waals surface area contributed by atoms with E-state index in [9.17, 15) is 4.39 Å². The Balaban J connectivity index is 2.40. The molecule has 2 aromatic heterocycles. The molecule has 86 valence electrons. The van der Waals surface area contributed by atoms with Crippen LogP contribution in [0.15, 0.2) is 35.1 Å². The Labute approximate surface area is 96.4 Å². The maximum atomic E-state index is 13.9. The molecular formula is C12H10FN3O. The van der Waals surface area contributed by atoms with Gasteiger partial charge in [-0.2, -0.15) is 5.10 Å². The van der Waals surface area contributed by atoms with E-state index in [0.29, 0.717) is 27.9 Å². The number of rotatable bonds is 1. The lowest BCUT2D eigenvalue weighted by molar-refractivity contribution is 0.610. The Morgan fingerprint density at radius 1 is 1.35 bits per heavy atom. The summed E-state index contributed by atoms with van der Waals surface area (Å²) >= 11 is 0. The molecule has 0 spiro atoms. The van der Waals surface area contributed by atoms with Crippen LogP contribution < -0.4 is 5.73 Å². The first kappa shape index (κ1) is 9.89. The summed E-state index contributed by atoms with van der Waals surface area (Å²) < 4.78 is 20.7. The molecule has 17 heavy (non-hydrogen) atoms. The predicted octanol–water partition coefficient (Wildman–Crippen LogP) is 2.55. The molecule has 0 fully saturated rings. The summed E-state index contributed by atoms with van der Waals surface area (Å²) in [4.78, 5) is 0. The lowest BCUT2D eigenvalue weighted by Gasteiger charge is -2.04. The highest BCUT2D eigenvalue weighted by Crippen LogP contribution is 2.34. The van der Waals surface area contributed by atoms with Crippen LogP contribution in [0.25, 0.3) is 22.1 Å². The van der Waals surface area contributed by atoms with Crippen molar-refractivity contribution in [3.8, 4) is 11.1 Å². The van der Waals surface area contributed by atoms with Crippen LogP contribution in [0.4, 0.5) is 10.2 Å². The van der Waals surface area contributed by atoms with Gasteiger partial charge in [-0.3, -0.25) is 4.68 Å². The Hall–Kier alpha value is -2.30. The number of hydrogen-bond donors (Lipinski definition) is 1. The molecule has 0 aliphatic carbocycles. The second-order valence-electron chi connectivity index (χ2n) is 3.82. The number of halogens is 1. The molecule has 0 atom stereocenters. The zero-order valence-corrected chi connectivity index (χ0v) is 9.14. The number of nitrogens with two attached hydrogens (primary N) is 1. The van der Waals surface area contributed by atoms with Crippen LogP contribution >= 0.6 is 0 Å². The molecule has 3 aromatic rings. The summed E-state index contributed by atoms with van der Waals surface area (Å²) in [6.07, 6.45) is 3.08. The molecule has 0 unspecified atom stereocenters. The maximum absolute atomic E-state index is 13.9. The number of fused-ring (bicyclic) bond motifs is 1. The third-order valence-electron chi connectivity index (χ3n) is 2.84. The molecule has 2 heterocycles. The van der Waals surface area contributed by atoms with Crippen LogP contribution in [-0.4, -0.2) is 9.78 Å². The molecule has 0 saturated carbocycles. The molecule has 3 rings (SSSR count). The molecule has 2 N–H and O–H groups in total. The Morgan fingerprint density at radius 2 is 2.18 bits per heavy atom. The van der Waals surface area contributed by atoms with Crippen molar-refractivity contribution in [1.82, 2.24) is 9.78 Å². The lowest BCUT2D eigenvalue weighted by atomic mass is 10.0. The van der Waals surface area contributed by atoms with Gasteiger partial charge in [-0.05, 0) is 18.2 Å². The van der Waals surface area contributed by atoms with Gasteiger partial charge >= 0.3 is 0 Å². The van der Waals surface area contributed by atoms with E-state index in [0.717, 1.165) is 0 Å². The van der Waals surface area contributed by atoms with Crippen LogP contribution in [0.1, 0.15) is 0 Å². The summed E-state index contributed by atoms with van der Waals surface area (Å²) in [5, 5.41) is 4.72. The zero-order valence-electron chi connectivity index (χ0n) is 9.14. The summed E-state index contributed by atoms with van der Waals surface area (Å²) in [5.74, 6) is 0.0937. The smallest absolute Gasteiger partial charge is 0.134 e. The fourth-order valence-corrected chi connectivity index (χ4v) is 1.93. The largest absolute Gasteiger partial charge is 0.464 e. The Morgan fingerprint density at radius 3 is 2.88 bits per heavy atom. The van der Waals surface area contributed by atoms with Gasteiger partial charge in [-0.1, -0.05) is 0 Å². The number of hydrogen-bond acceptors (Lipinski definition) is 3. The molecule has 0 aliphatic heterocycles. The van der Waals surface area contributed by atoms with Crippen LogP contribution in [0.3, 0.4) is 0 Å². The second-order valence-corrected chi connectivity index (χ2v) is 3.82. The van der Waals surface area contributed by atoms with Gasteiger partial charge in [0.05, 0.1) is 12.5 Å². The van der Waals surface area contributed by atoms with E-state index in [4.69, 9.17) is 10.2 Å². The van der Waals surface area contributed by atoms with Gasteiger partial charge in [0, 0.05) is 23.6 Å². The fourth-order valence-electron chi connectivity index (χ4n) is 1.93. The molecular weight excluding hydrogens is 221 g/mol. The number of anilines is 1. The van der Waals surface area contributed by atoms with Gasteiger partial charge in [0.1, 0.15) is 17.2 Å². The maximum Gasteiger partial charge on any atom is 0.134 e. The molecule has 0 saturated heterocycles. The predicted molar refractivity (Wildman–Crippen MR) is 62.8 cm³/mol. The van der Waals surface area contributed by atoms with Gasteiger partial charge in [0.15, 0.2) is 0 Å². The van der Waals surface area contributed by atoms with Crippen molar-refractivity contribution < 1.29 is 8.81 Å². The van der Waals surface area contributed by atoms with Gasteiger partial charge in [0.25, 0.3) is 0 Å². The van der Waals surface area contributed by atoms with Gasteiger partial charge in [0.2, 0.25) is 0 Å². The van der Waals surface area contributed by atoms with E-state index in [2.05, 4.69) is 5.10 Å². The minimum absolute atomic E-state index is 0.335. The molecule has 0 aliphatic rings. The fraction of sp³-hybridized carbons (Fsp3) is 0.0833. The second kappa shape index (κ2) is 3.35. The first-order chi connectivity index (χ1) is 8.18. The monoisotopic (exact) mass is 231 g/mol. The van der Waals surface area contributed by atoms with Gasteiger partial charge < -0.3 is 10.2 Å². The number of aryl methyl sites for hydroxylation is 1. The normalized spacial score (nSPS) is 11.2. The van der Waals surface area contributed by atoms with E-state index >= 15 is 0 Å². The minimum atomic E-state index is -0.335. The first-order valence-corrected chi connectivity index (χ1v) is 5.12. The third kappa shape index (κ3) is 1.32. The number of benzene rings is 1. The molecule has 0 amide bonds. The molecule has 1 aromatic carbocycles. The lowest BCUT2D eigenvalue weighted by Crippen LogP contribution is -1.98. The quantitative estimate of drug-likeness (QED) is 0.700. The van der Waals surface area contributed by atoms with Crippen molar-refractivity contribution in [3.63, 3.8) is 0 Å². The number of nitrogens with zero attached hydrogens (tertiary/aromatic N) is 2. The third-order valence-corrected chi connectivity index (χ3v) is 2.84. The van der Waals surface area contributed by atoms with E-state index in [1.807, 2.05) is 0 Å². The van der Waals surface area contributed by atoms with E-state index in [1.54, 1.807) is 25.4 Å². The average Bonchev–Trinajstić information content (AvgIpc) is 2.89. The van der Waals surface area contributed by atoms with Gasteiger partial charge in [-0.25, -0.2) is 4.39 Å². The van der Waals surface area contributed by atoms with E-state index < -0.39 is 0 Å². The highest BCUT2D eigenvalue weighted by atomic mass is 19.1. The first-order valence-electron chi connectivity index (χ1n) is 5.12. The van der Waals surface area contributed by atoms with Crippen molar-refractivity contribution >= 4 is 16.8 Å². The summed E-state index contributed by atoms with van der Waals surface area (Å²) in [5.41, 5.74) is 7.51. The van der Waals surface area contributed by atoms with E-state index in [-0.39, 0.29) is 5.82 Å². The SMILES string of the molecule is Cn1ncc(-c2c(F)ccc3occc23)c1N. The molecule has 5 heteroatoms. The highest BCUT2D eigenvalue weighted by molar-refractivity contribution is 5.96. The summed E-state index contributed by atoms with van der Waals surface area (Å²) in [6, 6.07) is 4.69. The number of furan rings is 1. The summed E-state index contributed by atoms with van der Waals surface area (Å²) in [6.45, 7) is 0. The Bertz CT molecular complexity index is 699. The van der Waals surface area contributed by atoms with Gasteiger partial charge in [-0.15, -0.1) is 0 Å². The van der Waals surface area contributed by atoms with Crippen LogP contribution in [0.5, 0.6) is 0 Å². The van der Waals surface area contributed by atoms with Crippen molar-refractivity contribution in [1.29, 1.82) is 0 Å². The van der Waals surface area contributed by atoms with Crippen molar-refractivity contribution in [2.45, 2.75) is 0 Å². The van der Waals surface area contributed by atoms with Crippen LogP contribution in [0.2, 0.25) is 0 Å². The molecule has 0 bridgehead atoms. The number of aromatic nitrogens is 2. The minimum Gasteiger partial charge on any atom is -0.464 e.